The van der Waals surface area contributed by atoms with Crippen LogP contribution in [0.25, 0.3) is 4.85 Å². The Hall–Kier alpha value is -1.12. The predicted molar refractivity (Wildman–Crippen MR) is 68.3 cm³/mol. The number of ether oxygens (including phenoxy) is 3. The average Bonchev–Trinajstić information content (AvgIpc) is 2.88. The van der Waals surface area contributed by atoms with Gasteiger partial charge in [0, 0.05) is 19.3 Å². The maximum absolute atomic E-state index is 12.2. The van der Waals surface area contributed by atoms with Crippen molar-refractivity contribution in [3.05, 3.63) is 11.4 Å². The molecule has 0 aromatic carbocycles. The summed E-state index contributed by atoms with van der Waals surface area (Å²) in [6.07, 6.45) is 3.36. The van der Waals surface area contributed by atoms with Gasteiger partial charge in [0.2, 0.25) is 6.54 Å². The molecule has 1 saturated carbocycles. The molecule has 5 nitrogen and oxygen atoms in total. The van der Waals surface area contributed by atoms with Crippen LogP contribution >= 0.6 is 0 Å². The normalized spacial score (nSPS) is 24.0. The molecule has 0 radical (unpaired) electrons. The Balaban J connectivity index is 2.04. The molecule has 1 aliphatic heterocycles. The quantitative estimate of drug-likeness (QED) is 0.578. The largest absolute Gasteiger partial charge is 0.466 e. The number of carbonyl (C=O) groups is 1. The van der Waals surface area contributed by atoms with E-state index in [0.29, 0.717) is 58.5 Å². The van der Waals surface area contributed by atoms with E-state index in [0.717, 1.165) is 0 Å². The second-order valence-corrected chi connectivity index (χ2v) is 5.24. The molecule has 1 saturated heterocycles. The van der Waals surface area contributed by atoms with Crippen LogP contribution in [0.3, 0.4) is 0 Å². The second kappa shape index (κ2) is 5.89. The molecule has 0 aromatic rings. The fourth-order valence-electron chi connectivity index (χ4n) is 3.01. The molecule has 19 heavy (non-hydrogen) atoms. The van der Waals surface area contributed by atoms with E-state index in [1.807, 2.05) is 6.92 Å². The molecule has 106 valence electrons. The minimum absolute atomic E-state index is 0.161. The van der Waals surface area contributed by atoms with Crippen LogP contribution in [0.15, 0.2) is 0 Å². The van der Waals surface area contributed by atoms with Gasteiger partial charge in [0.1, 0.15) is 0 Å². The van der Waals surface area contributed by atoms with Crippen LogP contribution in [0.5, 0.6) is 0 Å². The number of rotatable bonds is 4. The first-order valence-corrected chi connectivity index (χ1v) is 6.95. The summed E-state index contributed by atoms with van der Waals surface area (Å²) in [6, 6.07) is 0. The molecule has 0 unspecified atom stereocenters. The van der Waals surface area contributed by atoms with E-state index in [-0.39, 0.29) is 5.97 Å². The van der Waals surface area contributed by atoms with Crippen LogP contribution in [-0.4, -0.2) is 38.1 Å². The van der Waals surface area contributed by atoms with E-state index >= 15 is 0 Å². The highest BCUT2D eigenvalue weighted by Crippen LogP contribution is 2.47. The molecular formula is C14H21NO4. The molecule has 1 spiro atoms. The van der Waals surface area contributed by atoms with E-state index in [1.54, 1.807) is 0 Å². The van der Waals surface area contributed by atoms with Crippen LogP contribution in [0.4, 0.5) is 0 Å². The highest BCUT2D eigenvalue weighted by atomic mass is 16.7. The molecule has 0 amide bonds. The first kappa shape index (κ1) is 14.3. The molecule has 2 rings (SSSR count). The van der Waals surface area contributed by atoms with Gasteiger partial charge in [-0.15, -0.1) is 0 Å². The van der Waals surface area contributed by atoms with Gasteiger partial charge in [-0.25, -0.2) is 6.57 Å². The maximum Gasteiger partial charge on any atom is 0.312 e. The number of nitrogens with zero attached hydrogens (tertiary/aromatic N) is 1. The summed E-state index contributed by atoms with van der Waals surface area (Å²) in [7, 11) is 0. The van der Waals surface area contributed by atoms with E-state index in [4.69, 9.17) is 20.8 Å². The zero-order valence-corrected chi connectivity index (χ0v) is 11.4. The third kappa shape index (κ3) is 2.90. The summed E-state index contributed by atoms with van der Waals surface area (Å²) in [5.74, 6) is -0.639. The van der Waals surface area contributed by atoms with Gasteiger partial charge in [0.05, 0.1) is 25.2 Å². The van der Waals surface area contributed by atoms with Gasteiger partial charge in [-0.05, 0) is 19.8 Å². The molecule has 0 bridgehead atoms. The van der Waals surface area contributed by atoms with Crippen molar-refractivity contribution in [2.75, 3.05) is 26.4 Å². The number of hydrogen-bond acceptors (Lipinski definition) is 4. The Morgan fingerprint density at radius 3 is 2.42 bits per heavy atom. The molecule has 0 N–H and O–H groups in total. The van der Waals surface area contributed by atoms with E-state index < -0.39 is 11.2 Å². The van der Waals surface area contributed by atoms with Gasteiger partial charge < -0.3 is 19.1 Å². The van der Waals surface area contributed by atoms with Crippen LogP contribution < -0.4 is 0 Å². The Morgan fingerprint density at radius 2 is 1.89 bits per heavy atom. The highest BCUT2D eigenvalue weighted by molar-refractivity contribution is 5.77. The van der Waals surface area contributed by atoms with Crippen molar-refractivity contribution >= 4 is 5.97 Å². The minimum atomic E-state index is -0.513. The third-order valence-electron chi connectivity index (χ3n) is 4.19. The summed E-state index contributed by atoms with van der Waals surface area (Å²) in [5, 5.41) is 0. The van der Waals surface area contributed by atoms with Crippen LogP contribution in [0.2, 0.25) is 0 Å². The summed E-state index contributed by atoms with van der Waals surface area (Å²) < 4.78 is 16.6. The lowest BCUT2D eigenvalue weighted by Crippen LogP contribution is -2.44. The van der Waals surface area contributed by atoms with Crippen LogP contribution in [0, 0.1) is 12.0 Å². The smallest absolute Gasteiger partial charge is 0.312 e. The Kier molecular flexibility index (Phi) is 4.43. The van der Waals surface area contributed by atoms with Crippen LogP contribution in [0.1, 0.15) is 39.0 Å². The summed E-state index contributed by atoms with van der Waals surface area (Å²) in [5.41, 5.74) is -0.513. The van der Waals surface area contributed by atoms with E-state index in [1.165, 1.54) is 0 Å². The van der Waals surface area contributed by atoms with Gasteiger partial charge in [-0.3, -0.25) is 4.79 Å². The molecule has 1 heterocycles. The molecule has 0 atom stereocenters. The van der Waals surface area contributed by atoms with Gasteiger partial charge in [-0.1, -0.05) is 0 Å². The molecule has 5 heteroatoms. The molecular weight excluding hydrogens is 246 g/mol. The maximum atomic E-state index is 12.2. The summed E-state index contributed by atoms with van der Waals surface area (Å²) in [4.78, 5) is 15.6. The van der Waals surface area contributed by atoms with Crippen molar-refractivity contribution in [1.82, 2.24) is 0 Å². The minimum Gasteiger partial charge on any atom is -0.466 e. The summed E-state index contributed by atoms with van der Waals surface area (Å²) >= 11 is 0. The second-order valence-electron chi connectivity index (χ2n) is 5.24. The Labute approximate surface area is 114 Å². The number of esters is 1. The third-order valence-corrected chi connectivity index (χ3v) is 4.19. The van der Waals surface area contributed by atoms with Gasteiger partial charge >= 0.3 is 5.97 Å². The topological polar surface area (TPSA) is 49.1 Å². The first-order chi connectivity index (χ1) is 9.16. The fraction of sp³-hybridized carbons (Fsp3) is 0.857. The Bertz CT molecular complexity index is 358. The number of carbonyl (C=O) groups excluding carboxylic acids is 1. The lowest BCUT2D eigenvalue weighted by atomic mass is 9.70. The van der Waals surface area contributed by atoms with Crippen molar-refractivity contribution in [2.24, 2.45) is 5.41 Å². The Morgan fingerprint density at radius 1 is 1.26 bits per heavy atom. The molecule has 2 aliphatic rings. The average molecular weight is 267 g/mol. The monoisotopic (exact) mass is 267 g/mol. The summed E-state index contributed by atoms with van der Waals surface area (Å²) in [6.45, 7) is 10.8. The van der Waals surface area contributed by atoms with Crippen molar-refractivity contribution in [2.45, 2.75) is 44.8 Å². The standard InChI is InChI=1S/C14H21NO4/c1-3-17-12(16)13(8-9-15-2)4-6-14(7-5-13)18-10-11-19-14/h3-11H2,1H3. The zero-order valence-electron chi connectivity index (χ0n) is 11.4. The van der Waals surface area contributed by atoms with E-state index in [9.17, 15) is 4.79 Å². The molecule has 1 aliphatic carbocycles. The van der Waals surface area contributed by atoms with Gasteiger partial charge in [0.25, 0.3) is 0 Å². The lowest BCUT2D eigenvalue weighted by molar-refractivity contribution is -0.199. The highest BCUT2D eigenvalue weighted by Gasteiger charge is 2.50. The van der Waals surface area contributed by atoms with Gasteiger partial charge in [-0.2, -0.15) is 0 Å². The van der Waals surface area contributed by atoms with Crippen molar-refractivity contribution in [3.63, 3.8) is 0 Å². The zero-order chi connectivity index (χ0) is 13.8. The fourth-order valence-corrected chi connectivity index (χ4v) is 3.01. The van der Waals surface area contributed by atoms with Crippen LogP contribution in [-0.2, 0) is 19.0 Å². The SMILES string of the molecule is [C-]#[N+]CCC1(C(=O)OCC)CCC2(CC1)OCCO2. The number of hydrogen-bond donors (Lipinski definition) is 0. The van der Waals surface area contributed by atoms with Gasteiger partial charge in [0.15, 0.2) is 5.79 Å². The lowest BCUT2D eigenvalue weighted by Gasteiger charge is -2.41. The molecule has 0 aromatic heterocycles. The predicted octanol–water partition coefficient (Wildman–Crippen LogP) is 2.16. The molecule has 2 fully saturated rings. The van der Waals surface area contributed by atoms with Crippen molar-refractivity contribution < 1.29 is 19.0 Å². The first-order valence-electron chi connectivity index (χ1n) is 6.95. The van der Waals surface area contributed by atoms with Crippen molar-refractivity contribution in [1.29, 1.82) is 0 Å². The van der Waals surface area contributed by atoms with E-state index in [2.05, 4.69) is 4.85 Å². The van der Waals surface area contributed by atoms with Crippen molar-refractivity contribution in [3.8, 4) is 0 Å².